The molecule has 0 radical (unpaired) electrons. The lowest BCUT2D eigenvalue weighted by Gasteiger charge is -2.35. The van der Waals surface area contributed by atoms with Crippen LogP contribution in [0.4, 0.5) is 5.82 Å². The second-order valence-corrected chi connectivity index (χ2v) is 6.05. The number of aromatic amines is 1. The molecule has 0 spiro atoms. The first kappa shape index (κ1) is 13.8. The molecule has 1 heterocycles. The van der Waals surface area contributed by atoms with Crippen molar-refractivity contribution in [1.29, 1.82) is 0 Å². The van der Waals surface area contributed by atoms with Crippen LogP contribution in [-0.2, 0) is 0 Å². The van der Waals surface area contributed by atoms with Crippen molar-refractivity contribution in [2.75, 3.05) is 18.5 Å². The molecule has 5 nitrogen and oxygen atoms in total. The number of aliphatic hydroxyl groups is 1. The Morgan fingerprint density at radius 2 is 2.17 bits per heavy atom. The molecular formula is C12H18IN3O2. The Morgan fingerprint density at radius 3 is 2.83 bits per heavy atom. The summed E-state index contributed by atoms with van der Waals surface area (Å²) in [7, 11) is 0. The summed E-state index contributed by atoms with van der Waals surface area (Å²) >= 11 is 1.98. The molecule has 1 aliphatic carbocycles. The summed E-state index contributed by atoms with van der Waals surface area (Å²) in [4.78, 5) is 18.1. The molecule has 18 heavy (non-hydrogen) atoms. The minimum atomic E-state index is -0.130. The van der Waals surface area contributed by atoms with Crippen molar-refractivity contribution < 1.29 is 5.11 Å². The fourth-order valence-corrected chi connectivity index (χ4v) is 2.96. The largest absolute Gasteiger partial charge is 0.396 e. The molecule has 0 aromatic carbocycles. The third-order valence-corrected chi connectivity index (χ3v) is 4.68. The maximum Gasteiger partial charge on any atom is 0.266 e. The molecule has 0 amide bonds. The summed E-state index contributed by atoms with van der Waals surface area (Å²) in [5.74, 6) is 0.609. The third-order valence-electron chi connectivity index (χ3n) is 3.68. The molecule has 1 fully saturated rings. The number of rotatable bonds is 4. The Bertz CT molecular complexity index is 455. The summed E-state index contributed by atoms with van der Waals surface area (Å²) in [6.45, 7) is 0.871. The number of nitrogens with one attached hydrogen (secondary N) is 2. The first-order chi connectivity index (χ1) is 8.67. The number of aliphatic hydroxyl groups excluding tert-OH is 1. The van der Waals surface area contributed by atoms with Crippen LogP contribution in [0.2, 0.25) is 0 Å². The van der Waals surface area contributed by atoms with Crippen molar-refractivity contribution in [3.05, 3.63) is 20.3 Å². The predicted octanol–water partition coefficient (Wildman–Crippen LogP) is 1.73. The van der Waals surface area contributed by atoms with E-state index in [-0.39, 0.29) is 17.6 Å². The van der Waals surface area contributed by atoms with E-state index in [1.165, 1.54) is 25.6 Å². The zero-order valence-electron chi connectivity index (χ0n) is 10.2. The molecule has 1 saturated carbocycles. The van der Waals surface area contributed by atoms with Gasteiger partial charge in [0.2, 0.25) is 0 Å². The molecule has 0 saturated heterocycles. The van der Waals surface area contributed by atoms with Gasteiger partial charge in [-0.15, -0.1) is 0 Å². The van der Waals surface area contributed by atoms with Gasteiger partial charge in [-0.1, -0.05) is 19.3 Å². The number of hydrogen-bond donors (Lipinski definition) is 3. The average Bonchev–Trinajstić information content (AvgIpc) is 2.41. The summed E-state index contributed by atoms with van der Waals surface area (Å²) in [6.07, 6.45) is 7.07. The van der Waals surface area contributed by atoms with Gasteiger partial charge in [0.25, 0.3) is 5.56 Å². The van der Waals surface area contributed by atoms with Crippen molar-refractivity contribution in [2.45, 2.75) is 32.1 Å². The smallest absolute Gasteiger partial charge is 0.266 e. The molecule has 0 unspecified atom stereocenters. The SMILES string of the molecule is O=c1[nH]cnc(NCC2(CO)CCCCC2)c1I. The zero-order valence-corrected chi connectivity index (χ0v) is 12.4. The van der Waals surface area contributed by atoms with Gasteiger partial charge < -0.3 is 15.4 Å². The van der Waals surface area contributed by atoms with Crippen LogP contribution in [0.3, 0.4) is 0 Å². The maximum absolute atomic E-state index is 11.4. The summed E-state index contributed by atoms with van der Waals surface area (Å²) in [5.41, 5.74) is -0.180. The lowest BCUT2D eigenvalue weighted by Crippen LogP contribution is -2.36. The van der Waals surface area contributed by atoms with E-state index in [1.807, 2.05) is 22.6 Å². The van der Waals surface area contributed by atoms with Gasteiger partial charge in [-0.3, -0.25) is 4.79 Å². The van der Waals surface area contributed by atoms with Crippen LogP contribution >= 0.6 is 22.6 Å². The minimum absolute atomic E-state index is 0.0500. The highest BCUT2D eigenvalue weighted by atomic mass is 127. The molecule has 1 aliphatic rings. The summed E-state index contributed by atoms with van der Waals surface area (Å²) < 4.78 is 0.569. The highest BCUT2D eigenvalue weighted by molar-refractivity contribution is 14.1. The Hall–Kier alpha value is -0.630. The van der Waals surface area contributed by atoms with Crippen molar-refractivity contribution in [3.8, 4) is 0 Å². The Labute approximate surface area is 120 Å². The van der Waals surface area contributed by atoms with E-state index in [9.17, 15) is 9.90 Å². The molecule has 0 atom stereocenters. The first-order valence-corrected chi connectivity index (χ1v) is 7.33. The average molecular weight is 363 g/mol. The quantitative estimate of drug-likeness (QED) is 0.712. The predicted molar refractivity (Wildman–Crippen MR) is 78.7 cm³/mol. The molecule has 1 aromatic heterocycles. The van der Waals surface area contributed by atoms with Crippen molar-refractivity contribution in [3.63, 3.8) is 0 Å². The van der Waals surface area contributed by atoms with Crippen molar-refractivity contribution in [1.82, 2.24) is 9.97 Å². The van der Waals surface area contributed by atoms with Crippen molar-refractivity contribution in [2.24, 2.45) is 5.41 Å². The normalized spacial score (nSPS) is 18.6. The number of nitrogens with zero attached hydrogens (tertiary/aromatic N) is 1. The maximum atomic E-state index is 11.4. The highest BCUT2D eigenvalue weighted by Gasteiger charge is 2.31. The third kappa shape index (κ3) is 3.03. The molecule has 0 bridgehead atoms. The van der Waals surface area contributed by atoms with Crippen LogP contribution < -0.4 is 10.9 Å². The molecular weight excluding hydrogens is 345 g/mol. The van der Waals surface area contributed by atoms with Crippen LogP contribution in [-0.4, -0.2) is 28.2 Å². The second-order valence-electron chi connectivity index (χ2n) is 4.97. The van der Waals surface area contributed by atoms with E-state index < -0.39 is 0 Å². The molecule has 2 rings (SSSR count). The van der Waals surface area contributed by atoms with Crippen LogP contribution in [0, 0.1) is 8.99 Å². The Kier molecular flexibility index (Phi) is 4.60. The minimum Gasteiger partial charge on any atom is -0.396 e. The van der Waals surface area contributed by atoms with Crippen LogP contribution in [0.15, 0.2) is 11.1 Å². The van der Waals surface area contributed by atoms with Gasteiger partial charge in [0.05, 0.1) is 12.9 Å². The van der Waals surface area contributed by atoms with Crippen LogP contribution in [0.5, 0.6) is 0 Å². The van der Waals surface area contributed by atoms with E-state index in [0.717, 1.165) is 12.8 Å². The van der Waals surface area contributed by atoms with E-state index in [2.05, 4.69) is 15.3 Å². The Morgan fingerprint density at radius 1 is 1.44 bits per heavy atom. The van der Waals surface area contributed by atoms with E-state index >= 15 is 0 Å². The first-order valence-electron chi connectivity index (χ1n) is 6.25. The lowest BCUT2D eigenvalue weighted by molar-refractivity contribution is 0.0943. The fraction of sp³-hybridized carbons (Fsp3) is 0.667. The summed E-state index contributed by atoms with van der Waals surface area (Å²) in [6, 6.07) is 0. The van der Waals surface area contributed by atoms with Gasteiger partial charge in [0.1, 0.15) is 9.39 Å². The second kappa shape index (κ2) is 6.01. The fourth-order valence-electron chi connectivity index (χ4n) is 2.47. The number of halogens is 1. The van der Waals surface area contributed by atoms with Crippen LogP contribution in [0.25, 0.3) is 0 Å². The highest BCUT2D eigenvalue weighted by Crippen LogP contribution is 2.35. The standard InChI is InChI=1S/C12H18IN3O2/c13-9-10(15-8-16-11(9)18)14-6-12(7-17)4-2-1-3-5-12/h8,17H,1-7H2,(H2,14,15,16,18). The number of hydrogen-bond acceptors (Lipinski definition) is 4. The molecule has 3 N–H and O–H groups in total. The van der Waals surface area contributed by atoms with Crippen molar-refractivity contribution >= 4 is 28.4 Å². The van der Waals surface area contributed by atoms with Gasteiger partial charge >= 0.3 is 0 Å². The van der Waals surface area contributed by atoms with Gasteiger partial charge in [0, 0.05) is 12.0 Å². The number of anilines is 1. The Balaban J connectivity index is 2.05. The zero-order chi connectivity index (χ0) is 13.0. The van der Waals surface area contributed by atoms with Crippen LogP contribution in [0.1, 0.15) is 32.1 Å². The monoisotopic (exact) mass is 363 g/mol. The molecule has 0 aliphatic heterocycles. The van der Waals surface area contributed by atoms with E-state index in [0.29, 0.717) is 15.9 Å². The summed E-state index contributed by atoms with van der Waals surface area (Å²) in [5, 5.41) is 12.8. The van der Waals surface area contributed by atoms with Gasteiger partial charge in [-0.05, 0) is 35.4 Å². The topological polar surface area (TPSA) is 78.0 Å². The molecule has 1 aromatic rings. The molecule has 100 valence electrons. The lowest BCUT2D eigenvalue weighted by atomic mass is 9.74. The number of aromatic nitrogens is 2. The van der Waals surface area contributed by atoms with Gasteiger partial charge in [-0.25, -0.2) is 4.98 Å². The number of H-pyrrole nitrogens is 1. The van der Waals surface area contributed by atoms with Gasteiger partial charge in [0.15, 0.2) is 0 Å². The van der Waals surface area contributed by atoms with Gasteiger partial charge in [-0.2, -0.15) is 0 Å². The molecule has 6 heteroatoms. The van der Waals surface area contributed by atoms with E-state index in [1.54, 1.807) is 0 Å². The van der Waals surface area contributed by atoms with E-state index in [4.69, 9.17) is 0 Å².